The van der Waals surface area contributed by atoms with Crippen molar-refractivity contribution in [1.29, 1.82) is 0 Å². The van der Waals surface area contributed by atoms with Gasteiger partial charge in [0.2, 0.25) is 0 Å². The number of aryl methyl sites for hydroxylation is 1. The molecule has 134 valence electrons. The fourth-order valence-electron chi connectivity index (χ4n) is 3.15. The second kappa shape index (κ2) is 6.44. The Morgan fingerprint density at radius 2 is 1.48 bits per heavy atom. The maximum atomic E-state index is 13.2. The van der Waals surface area contributed by atoms with E-state index in [0.717, 1.165) is 15.3 Å². The third-order valence-electron chi connectivity index (χ3n) is 4.70. The molecule has 2 amide bonds. The molecule has 4 rings (SSSR count). The van der Waals surface area contributed by atoms with Gasteiger partial charge in [0, 0.05) is 15.5 Å². The van der Waals surface area contributed by atoms with Crippen LogP contribution in [-0.2, 0) is 0 Å². The zero-order valence-electron chi connectivity index (χ0n) is 14.6. The van der Waals surface area contributed by atoms with Crippen molar-refractivity contribution in [2.24, 2.45) is 0 Å². The summed E-state index contributed by atoms with van der Waals surface area (Å²) in [6, 6.07) is 13.3. The molecule has 0 spiro atoms. The summed E-state index contributed by atoms with van der Waals surface area (Å²) in [7, 11) is 0. The number of anilines is 1. The Labute approximate surface area is 165 Å². The van der Waals surface area contributed by atoms with Gasteiger partial charge in [-0.15, -0.1) is 11.3 Å². The predicted octanol–water partition coefficient (Wildman–Crippen LogP) is 5.05. The Morgan fingerprint density at radius 1 is 0.926 bits per heavy atom. The molecule has 2 heterocycles. The number of benzene rings is 2. The molecule has 1 aliphatic heterocycles. The molecule has 0 unspecified atom stereocenters. The van der Waals surface area contributed by atoms with Gasteiger partial charge >= 0.3 is 0 Å². The lowest BCUT2D eigenvalue weighted by atomic mass is 10.0. The molecule has 0 radical (unpaired) electrons. The molecule has 27 heavy (non-hydrogen) atoms. The second-order valence-electron chi connectivity index (χ2n) is 6.29. The Bertz CT molecular complexity index is 1080. The summed E-state index contributed by atoms with van der Waals surface area (Å²) in [5.41, 5.74) is 2.33. The minimum absolute atomic E-state index is 0.236. The zero-order valence-corrected chi connectivity index (χ0v) is 16.1. The normalized spacial score (nSPS) is 13.2. The molecule has 0 aliphatic carbocycles. The summed E-state index contributed by atoms with van der Waals surface area (Å²) >= 11 is 7.20. The maximum absolute atomic E-state index is 13.2. The van der Waals surface area contributed by atoms with Crippen LogP contribution in [0.4, 0.5) is 5.00 Å². The van der Waals surface area contributed by atoms with Crippen molar-refractivity contribution in [3.63, 3.8) is 0 Å². The van der Waals surface area contributed by atoms with Crippen molar-refractivity contribution in [2.45, 2.75) is 13.8 Å². The van der Waals surface area contributed by atoms with E-state index in [-0.39, 0.29) is 5.78 Å². The molecule has 0 atom stereocenters. The third-order valence-corrected chi connectivity index (χ3v) is 6.14. The van der Waals surface area contributed by atoms with Gasteiger partial charge in [-0.2, -0.15) is 0 Å². The van der Waals surface area contributed by atoms with Gasteiger partial charge in [0.1, 0.15) is 5.00 Å². The number of imide groups is 1. The Morgan fingerprint density at radius 3 is 2.04 bits per heavy atom. The molecular weight excluding hydrogens is 382 g/mol. The van der Waals surface area contributed by atoms with E-state index in [1.807, 2.05) is 13.8 Å². The van der Waals surface area contributed by atoms with Crippen molar-refractivity contribution in [1.82, 2.24) is 0 Å². The standard InChI is InChI=1S/C21H14ClNO3S/c1-11-12(2)27-21(17(11)18(24)13-7-9-14(22)10-8-13)23-19(25)15-5-3-4-6-16(15)20(23)26/h3-10H,1-2H3. The summed E-state index contributed by atoms with van der Waals surface area (Å²) < 4.78 is 0. The van der Waals surface area contributed by atoms with Crippen LogP contribution in [0.1, 0.15) is 47.1 Å². The first kappa shape index (κ1) is 17.6. The minimum atomic E-state index is -0.401. The van der Waals surface area contributed by atoms with Crippen LogP contribution in [0, 0.1) is 13.8 Å². The first-order valence-corrected chi connectivity index (χ1v) is 9.47. The average molecular weight is 396 g/mol. The highest BCUT2D eigenvalue weighted by Gasteiger charge is 2.40. The van der Waals surface area contributed by atoms with E-state index in [4.69, 9.17) is 11.6 Å². The zero-order chi connectivity index (χ0) is 19.3. The Balaban J connectivity index is 1.85. The highest BCUT2D eigenvalue weighted by atomic mass is 35.5. The quantitative estimate of drug-likeness (QED) is 0.460. The van der Waals surface area contributed by atoms with E-state index in [1.165, 1.54) is 11.3 Å². The van der Waals surface area contributed by atoms with E-state index in [9.17, 15) is 14.4 Å². The van der Waals surface area contributed by atoms with Gasteiger partial charge in [0.25, 0.3) is 11.8 Å². The highest BCUT2D eigenvalue weighted by molar-refractivity contribution is 7.17. The first-order valence-electron chi connectivity index (χ1n) is 8.28. The fraction of sp³-hybridized carbons (Fsp3) is 0.0952. The molecule has 6 heteroatoms. The number of hydrogen-bond acceptors (Lipinski definition) is 4. The molecule has 0 fully saturated rings. The molecule has 0 saturated heterocycles. The molecule has 0 saturated carbocycles. The Kier molecular flexibility index (Phi) is 4.21. The summed E-state index contributed by atoms with van der Waals surface area (Å²) in [6.45, 7) is 3.71. The predicted molar refractivity (Wildman–Crippen MR) is 106 cm³/mol. The van der Waals surface area contributed by atoms with Crippen molar-refractivity contribution >= 4 is 45.5 Å². The Hall–Kier alpha value is -2.76. The second-order valence-corrected chi connectivity index (χ2v) is 7.93. The number of thiophene rings is 1. The summed E-state index contributed by atoms with van der Waals surface area (Å²) in [5.74, 6) is -1.04. The lowest BCUT2D eigenvalue weighted by molar-refractivity contribution is 0.0927. The number of fused-ring (bicyclic) bond motifs is 1. The monoisotopic (exact) mass is 395 g/mol. The van der Waals surface area contributed by atoms with Gasteiger partial charge in [-0.1, -0.05) is 23.7 Å². The number of carbonyl (C=O) groups is 3. The number of hydrogen-bond donors (Lipinski definition) is 0. The summed E-state index contributed by atoms with van der Waals surface area (Å²) in [5, 5.41) is 0.904. The molecule has 0 bridgehead atoms. The van der Waals surface area contributed by atoms with Crippen molar-refractivity contribution < 1.29 is 14.4 Å². The van der Waals surface area contributed by atoms with Gasteiger partial charge in [0.15, 0.2) is 5.78 Å². The number of amides is 2. The number of carbonyl (C=O) groups excluding carboxylic acids is 3. The van der Waals surface area contributed by atoms with Crippen LogP contribution in [-0.4, -0.2) is 17.6 Å². The topological polar surface area (TPSA) is 54.5 Å². The molecule has 2 aromatic carbocycles. The van der Waals surface area contributed by atoms with Gasteiger partial charge < -0.3 is 0 Å². The number of halogens is 1. The smallest absolute Gasteiger partial charge is 0.266 e. The number of ketones is 1. The van der Waals surface area contributed by atoms with E-state index in [1.54, 1.807) is 48.5 Å². The summed E-state index contributed by atoms with van der Waals surface area (Å²) in [4.78, 5) is 40.9. The van der Waals surface area contributed by atoms with Crippen LogP contribution >= 0.6 is 22.9 Å². The highest BCUT2D eigenvalue weighted by Crippen LogP contribution is 2.40. The van der Waals surface area contributed by atoms with Gasteiger partial charge in [-0.3, -0.25) is 14.4 Å². The lowest BCUT2D eigenvalue weighted by Gasteiger charge is -2.14. The van der Waals surface area contributed by atoms with E-state index >= 15 is 0 Å². The summed E-state index contributed by atoms with van der Waals surface area (Å²) in [6.07, 6.45) is 0. The molecule has 0 N–H and O–H groups in total. The molecular formula is C21H14ClNO3S. The van der Waals surface area contributed by atoms with Crippen molar-refractivity contribution in [2.75, 3.05) is 4.90 Å². The van der Waals surface area contributed by atoms with Crippen molar-refractivity contribution in [3.8, 4) is 0 Å². The van der Waals surface area contributed by atoms with E-state index < -0.39 is 11.8 Å². The van der Waals surface area contributed by atoms with E-state index in [2.05, 4.69) is 0 Å². The molecule has 4 nitrogen and oxygen atoms in total. The average Bonchev–Trinajstić information content (AvgIpc) is 3.09. The van der Waals surface area contributed by atoms with Crippen LogP contribution < -0.4 is 4.90 Å². The molecule has 3 aromatic rings. The molecule has 1 aliphatic rings. The van der Waals surface area contributed by atoms with Crippen LogP contribution in [0.5, 0.6) is 0 Å². The van der Waals surface area contributed by atoms with Gasteiger partial charge in [-0.25, -0.2) is 4.90 Å². The van der Waals surface area contributed by atoms with Gasteiger partial charge in [-0.05, 0) is 55.8 Å². The fourth-order valence-corrected chi connectivity index (χ4v) is 4.43. The third kappa shape index (κ3) is 2.71. The first-order chi connectivity index (χ1) is 12.9. The maximum Gasteiger partial charge on any atom is 0.266 e. The number of nitrogens with zero attached hydrogens (tertiary/aromatic N) is 1. The SMILES string of the molecule is Cc1sc(N2C(=O)c3ccccc3C2=O)c(C(=O)c2ccc(Cl)cc2)c1C. The largest absolute Gasteiger partial charge is 0.288 e. The van der Waals surface area contributed by atoms with Crippen LogP contribution in [0.15, 0.2) is 48.5 Å². The van der Waals surface area contributed by atoms with Crippen LogP contribution in [0.3, 0.4) is 0 Å². The minimum Gasteiger partial charge on any atom is -0.288 e. The number of rotatable bonds is 3. The van der Waals surface area contributed by atoms with E-state index in [0.29, 0.717) is 32.3 Å². The van der Waals surface area contributed by atoms with Crippen LogP contribution in [0.25, 0.3) is 0 Å². The lowest BCUT2D eigenvalue weighted by Crippen LogP contribution is -2.30. The molecule has 1 aromatic heterocycles. The van der Waals surface area contributed by atoms with Gasteiger partial charge in [0.05, 0.1) is 16.7 Å². The van der Waals surface area contributed by atoms with Crippen molar-refractivity contribution in [3.05, 3.63) is 86.2 Å². The van der Waals surface area contributed by atoms with Crippen LogP contribution in [0.2, 0.25) is 5.02 Å².